The largest absolute Gasteiger partial charge is 0.493 e. The monoisotopic (exact) mass is 472 g/mol. The van der Waals surface area contributed by atoms with Gasteiger partial charge >= 0.3 is 11.8 Å². The van der Waals surface area contributed by atoms with Crippen molar-refractivity contribution in [2.45, 2.75) is 51.4 Å². The van der Waals surface area contributed by atoms with Crippen LogP contribution >= 0.6 is 0 Å². The van der Waals surface area contributed by atoms with E-state index in [1.807, 2.05) is 30.7 Å². The molecule has 0 spiro atoms. The van der Waals surface area contributed by atoms with Crippen molar-refractivity contribution in [2.24, 2.45) is 22.4 Å². The van der Waals surface area contributed by atoms with Gasteiger partial charge in [-0.1, -0.05) is 23.3 Å². The first kappa shape index (κ1) is 23.3. The Balaban J connectivity index is 1.49. The number of rotatable bonds is 6. The van der Waals surface area contributed by atoms with Crippen LogP contribution in [0.1, 0.15) is 61.6 Å². The Morgan fingerprint density at radius 1 is 1.23 bits per heavy atom. The highest BCUT2D eigenvalue weighted by atomic mass is 16.5. The molecule has 3 unspecified atom stereocenters. The van der Waals surface area contributed by atoms with Crippen LogP contribution in [0.5, 0.6) is 11.5 Å². The molecule has 0 saturated heterocycles. The summed E-state index contributed by atoms with van der Waals surface area (Å²) in [6, 6.07) is 14.2. The smallest absolute Gasteiger partial charge is 0.312 e. The number of carbonyl (C=O) groups is 2. The number of azide groups is 1. The summed E-state index contributed by atoms with van der Waals surface area (Å²) in [6.45, 7) is 4.21. The Morgan fingerprint density at radius 3 is 2.74 bits per heavy atom. The van der Waals surface area contributed by atoms with Gasteiger partial charge in [0.25, 0.3) is 0 Å². The van der Waals surface area contributed by atoms with Gasteiger partial charge < -0.3 is 9.47 Å². The van der Waals surface area contributed by atoms with E-state index >= 15 is 0 Å². The summed E-state index contributed by atoms with van der Waals surface area (Å²) in [7, 11) is 0. The molecule has 2 saturated carbocycles. The van der Waals surface area contributed by atoms with Gasteiger partial charge in [-0.25, -0.2) is 4.79 Å². The molecule has 180 valence electrons. The standard InChI is InChI=1S/C28H30N3O4/c1-17(32)35-21-8-10-22-19(15-21)5-9-23-25-11-12-26(33)28(25,2)16-24(27(22)23)18-3-6-20(7-4-18)34-14-13-30-31-29/h3-4,6-8,10,12,15,23-25,27H,5,9,11,13-14,16H2,1-2H3/q+1/t23?,24-,25?,27?,28+/m1/s1. The number of Topliss-reactive ketones (excluding diaryl/α,β-unsaturated/α-hetero) is 1. The predicted octanol–water partition coefficient (Wildman–Crippen LogP) is 5.93. The van der Waals surface area contributed by atoms with E-state index in [4.69, 9.17) is 15.0 Å². The molecule has 3 aliphatic carbocycles. The van der Waals surface area contributed by atoms with E-state index in [1.165, 1.54) is 23.6 Å². The Morgan fingerprint density at radius 2 is 2.00 bits per heavy atom. The van der Waals surface area contributed by atoms with E-state index < -0.39 is 0 Å². The molecule has 2 fully saturated rings. The number of esters is 1. The van der Waals surface area contributed by atoms with Gasteiger partial charge in [0.15, 0.2) is 0 Å². The van der Waals surface area contributed by atoms with Crippen LogP contribution in [0.2, 0.25) is 0 Å². The Kier molecular flexibility index (Phi) is 6.20. The topological polar surface area (TPSA) is 101 Å². The molecular weight excluding hydrogens is 442 g/mol. The molecule has 7 nitrogen and oxygen atoms in total. The second kappa shape index (κ2) is 9.31. The average molecular weight is 473 g/mol. The number of aryl methyl sites for hydroxylation is 1. The molecule has 0 aromatic heterocycles. The van der Waals surface area contributed by atoms with Crippen molar-refractivity contribution in [3.05, 3.63) is 76.0 Å². The molecular formula is C28H30N3O4+. The van der Waals surface area contributed by atoms with Crippen molar-refractivity contribution in [3.8, 4) is 11.5 Å². The van der Waals surface area contributed by atoms with Gasteiger partial charge in [-0.15, -0.1) is 0 Å². The van der Waals surface area contributed by atoms with Crippen LogP contribution in [-0.4, -0.2) is 24.9 Å². The molecule has 5 atom stereocenters. The highest BCUT2D eigenvalue weighted by Crippen LogP contribution is 2.63. The minimum Gasteiger partial charge on any atom is -0.493 e. The molecule has 0 N–H and O–H groups in total. The van der Waals surface area contributed by atoms with Gasteiger partial charge in [-0.2, -0.15) is 0 Å². The third-order valence-electron chi connectivity index (χ3n) is 8.31. The molecule has 0 radical (unpaired) electrons. The molecule has 3 aliphatic rings. The molecule has 35 heavy (non-hydrogen) atoms. The lowest BCUT2D eigenvalue weighted by molar-refractivity contribution is -0.132. The summed E-state index contributed by atoms with van der Waals surface area (Å²) >= 11 is 0. The minimum atomic E-state index is -0.328. The summed E-state index contributed by atoms with van der Waals surface area (Å²) in [6.07, 6.45) is 5.55. The second-order valence-corrected chi connectivity index (χ2v) is 10.2. The normalized spacial score (nSPS) is 28.6. The molecule has 0 heterocycles. The number of fused-ring (bicyclic) bond motifs is 5. The number of ketones is 1. The number of hydrogen-bond donors (Lipinski definition) is 0. The molecule has 0 bridgehead atoms. The average Bonchev–Trinajstić information content (AvgIpc) is 3.15. The summed E-state index contributed by atoms with van der Waals surface area (Å²) in [5.74, 6) is 2.60. The van der Waals surface area contributed by atoms with Gasteiger partial charge in [0.1, 0.15) is 24.3 Å². The molecule has 2 aromatic rings. The van der Waals surface area contributed by atoms with E-state index in [-0.39, 0.29) is 23.8 Å². The fourth-order valence-electron chi connectivity index (χ4n) is 6.83. The maximum Gasteiger partial charge on any atom is 0.312 e. The number of hydrogen-bond acceptors (Lipinski definition) is 5. The second-order valence-electron chi connectivity index (χ2n) is 10.2. The summed E-state index contributed by atoms with van der Waals surface area (Å²) in [5.41, 5.74) is 11.9. The van der Waals surface area contributed by atoms with E-state index in [1.54, 1.807) is 0 Å². The fourth-order valence-corrected chi connectivity index (χ4v) is 6.83. The van der Waals surface area contributed by atoms with Gasteiger partial charge in [0.2, 0.25) is 0 Å². The lowest BCUT2D eigenvalue weighted by atomic mass is 9.51. The zero-order valence-corrected chi connectivity index (χ0v) is 20.1. The Labute approximate surface area is 205 Å². The zero-order valence-electron chi connectivity index (χ0n) is 20.1. The van der Waals surface area contributed by atoms with Crippen molar-refractivity contribution >= 4 is 11.8 Å². The maximum atomic E-state index is 13.0. The highest BCUT2D eigenvalue weighted by molar-refractivity contribution is 5.95. The third kappa shape index (κ3) is 4.25. The van der Waals surface area contributed by atoms with Crippen LogP contribution in [0, 0.1) is 23.7 Å². The Bertz CT molecular complexity index is 1190. The Hall–Kier alpha value is -3.44. The number of nitrogens with zero attached hydrogens (tertiary/aromatic N) is 3. The summed E-state index contributed by atoms with van der Waals surface area (Å²) in [5, 5.41) is 3.50. The van der Waals surface area contributed by atoms with Crippen LogP contribution in [0.25, 0.3) is 10.4 Å². The van der Waals surface area contributed by atoms with Crippen LogP contribution in [0.4, 0.5) is 0 Å². The van der Waals surface area contributed by atoms with Crippen molar-refractivity contribution in [1.82, 2.24) is 0 Å². The van der Waals surface area contributed by atoms with Crippen molar-refractivity contribution in [1.29, 1.82) is 0 Å². The maximum absolute atomic E-state index is 13.0. The molecule has 7 heteroatoms. The van der Waals surface area contributed by atoms with Gasteiger partial charge in [-0.3, -0.25) is 4.79 Å². The first-order valence-electron chi connectivity index (χ1n) is 12.3. The molecule has 0 aliphatic heterocycles. The van der Waals surface area contributed by atoms with E-state index in [0.29, 0.717) is 35.9 Å². The van der Waals surface area contributed by atoms with E-state index in [9.17, 15) is 9.59 Å². The van der Waals surface area contributed by atoms with E-state index in [0.717, 1.165) is 31.4 Å². The first-order valence-corrected chi connectivity index (χ1v) is 12.3. The quantitative estimate of drug-likeness (QED) is 0.0988. The molecule has 0 amide bonds. The lowest BCUT2D eigenvalue weighted by Crippen LogP contribution is -2.46. The number of ether oxygens (including phenoxy) is 2. The summed E-state index contributed by atoms with van der Waals surface area (Å²) < 4.78 is 11.1. The lowest BCUT2D eigenvalue weighted by Gasteiger charge is -2.50. The van der Waals surface area contributed by atoms with Crippen LogP contribution in [0.3, 0.4) is 0 Å². The third-order valence-corrected chi connectivity index (χ3v) is 8.31. The number of carbonyl (C=O) groups excluding carboxylic acids is 2. The van der Waals surface area contributed by atoms with Crippen molar-refractivity contribution < 1.29 is 19.1 Å². The minimum absolute atomic E-state index is 0.201. The van der Waals surface area contributed by atoms with Gasteiger partial charge in [0.05, 0.1) is 18.6 Å². The van der Waals surface area contributed by atoms with Crippen LogP contribution in [-0.2, 0) is 16.0 Å². The van der Waals surface area contributed by atoms with Gasteiger partial charge in [0, 0.05) is 17.8 Å². The predicted molar refractivity (Wildman–Crippen MR) is 131 cm³/mol. The fraction of sp³-hybridized carbons (Fsp3) is 0.464. The van der Waals surface area contributed by atoms with Crippen molar-refractivity contribution in [2.75, 3.05) is 13.2 Å². The van der Waals surface area contributed by atoms with Gasteiger partial charge in [-0.05, 0) is 90.4 Å². The SMILES string of the molecule is CC(=O)Oc1ccc2c(c1)CCC1C2[C@@H](c2ccc(OCCN=[N+]=[N-])cc2)C[C@]2(C)C(=O)[CH+]CC12. The number of benzene rings is 2. The first-order chi connectivity index (χ1) is 16.9. The van der Waals surface area contributed by atoms with E-state index in [2.05, 4.69) is 35.1 Å². The molecule has 2 aromatic carbocycles. The molecule has 5 rings (SSSR count). The van der Waals surface area contributed by atoms with Crippen molar-refractivity contribution in [3.63, 3.8) is 0 Å². The van der Waals surface area contributed by atoms with Crippen LogP contribution < -0.4 is 9.47 Å². The zero-order chi connectivity index (χ0) is 24.6. The summed E-state index contributed by atoms with van der Waals surface area (Å²) in [4.78, 5) is 27.3. The highest BCUT2D eigenvalue weighted by Gasteiger charge is 2.62. The van der Waals surface area contributed by atoms with Crippen LogP contribution in [0.15, 0.2) is 47.6 Å².